The van der Waals surface area contributed by atoms with E-state index >= 15 is 0 Å². The number of fused-ring (bicyclic) bond motifs is 2. The van der Waals surface area contributed by atoms with Crippen LogP contribution in [0.25, 0.3) is 11.2 Å². The summed E-state index contributed by atoms with van der Waals surface area (Å²) in [6, 6.07) is 6.93. The fraction of sp³-hybridized carbons (Fsp3) is 0.407. The lowest BCUT2D eigenvalue weighted by Gasteiger charge is -2.22. The predicted molar refractivity (Wildman–Crippen MR) is 147 cm³/mol. The van der Waals surface area contributed by atoms with Gasteiger partial charge in [0.1, 0.15) is 12.4 Å². The first-order valence-electron chi connectivity index (χ1n) is 11.8. The van der Waals surface area contributed by atoms with E-state index in [1.165, 1.54) is 0 Å². The van der Waals surface area contributed by atoms with E-state index in [1.807, 2.05) is 18.2 Å². The highest BCUT2D eigenvalue weighted by Gasteiger charge is 2.72. The van der Waals surface area contributed by atoms with Gasteiger partial charge in [-0.1, -0.05) is 49.7 Å². The van der Waals surface area contributed by atoms with Gasteiger partial charge in [0.25, 0.3) is 0 Å². The average molecular weight is 551 g/mol. The second kappa shape index (κ2) is 10.7. The van der Waals surface area contributed by atoms with Crippen LogP contribution >= 0.6 is 11.6 Å². The summed E-state index contributed by atoms with van der Waals surface area (Å²) < 4.78 is 3.33. The van der Waals surface area contributed by atoms with E-state index in [4.69, 9.17) is 11.6 Å². The van der Waals surface area contributed by atoms with Crippen molar-refractivity contribution in [3.63, 3.8) is 0 Å². The first-order valence-corrected chi connectivity index (χ1v) is 12.2. The first kappa shape index (κ1) is 28.2. The number of hydrogen-bond donors (Lipinski definition) is 3. The van der Waals surface area contributed by atoms with Crippen molar-refractivity contribution in [2.24, 2.45) is 18.4 Å². The maximum atomic E-state index is 11.7. The number of imidazole rings is 1. The minimum atomic E-state index is -1.13. The summed E-state index contributed by atoms with van der Waals surface area (Å²) in [4.78, 5) is 25.5. The summed E-state index contributed by atoms with van der Waals surface area (Å²) in [6.45, 7) is 0.438. The van der Waals surface area contributed by atoms with Gasteiger partial charge in [-0.3, -0.25) is 4.68 Å². The van der Waals surface area contributed by atoms with Gasteiger partial charge < -0.3 is 24.9 Å². The van der Waals surface area contributed by atoms with E-state index in [-0.39, 0.29) is 26.6 Å². The Morgan fingerprint density at radius 2 is 2.10 bits per heavy atom. The number of anilines is 1. The molecule has 0 bridgehead atoms. The Morgan fingerprint density at radius 1 is 1.28 bits per heavy atom. The Hall–Kier alpha value is -3.85. The van der Waals surface area contributed by atoms with E-state index in [1.54, 1.807) is 34.9 Å². The number of aryl methyl sites for hydroxylation is 1. The normalized spacial score (nSPS) is 24.6. The molecule has 0 aliphatic heterocycles. The number of aromatic nitrogens is 7. The molecule has 3 heterocycles. The molecule has 12 heteroatoms. The monoisotopic (exact) mass is 550 g/mol. The zero-order chi connectivity index (χ0) is 25.7. The maximum Gasteiger partial charge on any atom is 0.208 e. The molecule has 0 saturated heterocycles. The molecule has 2 aliphatic carbocycles. The third-order valence-corrected chi connectivity index (χ3v) is 7.41. The van der Waals surface area contributed by atoms with Crippen molar-refractivity contribution in [3.05, 3.63) is 58.9 Å². The molecule has 3 N–H and O–H groups in total. The SMILES string of the molecule is C.C.Cn1cc(CC#Cc2nc(NCc3cccc(Cl)c3)c3ncn([C@@H]4[C@H]5C[C@@]5(C=O)C(O)[C@@H]4O)c3n2)nn1. The number of aliphatic hydroxyl groups excluding tert-OH is 2. The van der Waals surface area contributed by atoms with Crippen LogP contribution in [0.4, 0.5) is 5.82 Å². The Balaban J connectivity index is 0.00000176. The number of rotatable bonds is 6. The van der Waals surface area contributed by atoms with Gasteiger partial charge in [-0.15, -0.1) is 5.10 Å². The van der Waals surface area contributed by atoms with Gasteiger partial charge in [0.2, 0.25) is 5.82 Å². The van der Waals surface area contributed by atoms with Crippen molar-refractivity contribution in [3.8, 4) is 11.8 Å². The standard InChI is InChI=1S/C25H23ClN8O3.2CH4/c1-33-11-16(31-32-33)6-3-7-18-29-23(27-10-14-4-2-5-15(26)8-14)19-24(30-18)34(13-28-19)20-17-9-25(17,12-35)22(37)21(20)36;;/h2,4-5,8,11-13,17,20-22,36-37H,6,9-10H2,1H3,(H,27,29,30);2*1H4/t17-,20-,21-,22?,25+;;/m1../s1. The number of benzene rings is 1. The van der Waals surface area contributed by atoms with Crippen LogP contribution in [0, 0.1) is 23.2 Å². The van der Waals surface area contributed by atoms with E-state index in [9.17, 15) is 15.0 Å². The molecule has 1 aromatic carbocycles. The quantitative estimate of drug-likeness (QED) is 0.244. The lowest BCUT2D eigenvalue weighted by Crippen LogP contribution is -2.34. The second-order valence-electron chi connectivity index (χ2n) is 9.53. The highest BCUT2D eigenvalue weighted by molar-refractivity contribution is 6.30. The van der Waals surface area contributed by atoms with Gasteiger partial charge in [0.15, 0.2) is 17.0 Å². The fourth-order valence-corrected chi connectivity index (χ4v) is 5.46. The maximum absolute atomic E-state index is 11.7. The summed E-state index contributed by atoms with van der Waals surface area (Å²) in [5.41, 5.74) is 1.71. The molecular formula is C27H31ClN8O3. The van der Waals surface area contributed by atoms with E-state index in [0.717, 1.165) is 17.5 Å². The third-order valence-electron chi connectivity index (χ3n) is 7.17. The van der Waals surface area contributed by atoms with E-state index in [0.29, 0.717) is 41.4 Å². The van der Waals surface area contributed by atoms with Gasteiger partial charge in [-0.2, -0.15) is 0 Å². The van der Waals surface area contributed by atoms with Gasteiger partial charge in [-0.05, 0) is 36.0 Å². The molecule has 2 fully saturated rings. The Morgan fingerprint density at radius 3 is 2.79 bits per heavy atom. The van der Waals surface area contributed by atoms with Crippen LogP contribution in [0.15, 0.2) is 36.8 Å². The molecule has 204 valence electrons. The fourth-order valence-electron chi connectivity index (χ4n) is 5.24. The van der Waals surface area contributed by atoms with Gasteiger partial charge in [0, 0.05) is 24.8 Å². The average Bonchev–Trinajstić information content (AvgIpc) is 3.11. The molecule has 11 nitrogen and oxygen atoms in total. The number of nitrogens with zero attached hydrogens (tertiary/aromatic N) is 7. The number of carbonyl (C=O) groups excluding carboxylic acids is 1. The number of hydrogen-bond acceptors (Lipinski definition) is 9. The molecule has 3 aromatic heterocycles. The van der Waals surface area contributed by atoms with Crippen molar-refractivity contribution in [1.29, 1.82) is 0 Å². The molecule has 1 unspecified atom stereocenters. The van der Waals surface area contributed by atoms with Gasteiger partial charge in [-0.25, -0.2) is 15.0 Å². The van der Waals surface area contributed by atoms with E-state index < -0.39 is 23.7 Å². The summed E-state index contributed by atoms with van der Waals surface area (Å²) in [7, 11) is 1.79. The number of halogens is 1. The highest BCUT2D eigenvalue weighted by atomic mass is 35.5. The number of carbonyl (C=O) groups is 1. The molecule has 0 radical (unpaired) electrons. The largest absolute Gasteiger partial charge is 0.389 e. The zero-order valence-corrected chi connectivity index (χ0v) is 20.5. The highest BCUT2D eigenvalue weighted by Crippen LogP contribution is 2.66. The van der Waals surface area contributed by atoms with Crippen molar-refractivity contribution in [1.82, 2.24) is 34.5 Å². The Labute approximate surface area is 231 Å². The van der Waals surface area contributed by atoms with Crippen molar-refractivity contribution < 1.29 is 15.0 Å². The molecular weight excluding hydrogens is 520 g/mol. The Bertz CT molecular complexity index is 1570. The molecule has 2 aliphatic rings. The topological polar surface area (TPSA) is 144 Å². The first-order chi connectivity index (χ1) is 17.9. The van der Waals surface area contributed by atoms with E-state index in [2.05, 4.69) is 42.4 Å². The van der Waals surface area contributed by atoms with Crippen LogP contribution in [0.5, 0.6) is 0 Å². The lowest BCUT2D eigenvalue weighted by molar-refractivity contribution is -0.117. The minimum absolute atomic E-state index is 0. The van der Waals surface area contributed by atoms with Crippen LogP contribution in [0.2, 0.25) is 5.02 Å². The van der Waals surface area contributed by atoms with Crippen LogP contribution in [-0.4, -0.2) is 63.2 Å². The van der Waals surface area contributed by atoms with Gasteiger partial charge >= 0.3 is 0 Å². The molecule has 5 atom stereocenters. The molecule has 6 rings (SSSR count). The van der Waals surface area contributed by atoms with Crippen LogP contribution in [-0.2, 0) is 24.8 Å². The number of aldehydes is 1. The third kappa shape index (κ3) is 4.87. The molecule has 39 heavy (non-hydrogen) atoms. The van der Waals surface area contributed by atoms with Crippen molar-refractivity contribution in [2.45, 2.75) is 52.5 Å². The predicted octanol–water partition coefficient (Wildman–Crippen LogP) is 2.57. The molecule has 0 amide bonds. The smallest absolute Gasteiger partial charge is 0.208 e. The molecule has 2 saturated carbocycles. The minimum Gasteiger partial charge on any atom is -0.389 e. The molecule has 4 aromatic rings. The summed E-state index contributed by atoms with van der Waals surface area (Å²) >= 11 is 6.13. The van der Waals surface area contributed by atoms with Crippen LogP contribution < -0.4 is 5.32 Å². The Kier molecular flexibility index (Phi) is 7.75. The summed E-state index contributed by atoms with van der Waals surface area (Å²) in [6.07, 6.45) is 2.75. The summed E-state index contributed by atoms with van der Waals surface area (Å²) in [5, 5.41) is 33.2. The zero-order valence-electron chi connectivity index (χ0n) is 19.8. The van der Waals surface area contributed by atoms with Crippen molar-refractivity contribution >= 4 is 34.9 Å². The second-order valence-corrected chi connectivity index (χ2v) is 9.97. The van der Waals surface area contributed by atoms with Crippen molar-refractivity contribution in [2.75, 3.05) is 5.32 Å². The van der Waals surface area contributed by atoms with Crippen LogP contribution in [0.3, 0.4) is 0 Å². The number of aliphatic hydroxyl groups is 2. The molecule has 0 spiro atoms. The van der Waals surface area contributed by atoms with Gasteiger partial charge in [0.05, 0.1) is 36.0 Å². The summed E-state index contributed by atoms with van der Waals surface area (Å²) in [5.74, 6) is 6.56. The van der Waals surface area contributed by atoms with Crippen LogP contribution in [0.1, 0.15) is 44.4 Å². The number of nitrogens with one attached hydrogen (secondary N) is 1. The lowest BCUT2D eigenvalue weighted by atomic mass is 10.0.